The van der Waals surface area contributed by atoms with Gasteiger partial charge in [0.1, 0.15) is 11.8 Å². The molecule has 0 saturated carbocycles. The molecule has 0 aliphatic carbocycles. The summed E-state index contributed by atoms with van der Waals surface area (Å²) >= 11 is 1.56. The van der Waals surface area contributed by atoms with Crippen LogP contribution in [0.15, 0.2) is 30.3 Å². The fourth-order valence-electron chi connectivity index (χ4n) is 2.23. The van der Waals surface area contributed by atoms with Crippen LogP contribution in [-0.4, -0.2) is 52.1 Å². The lowest BCUT2D eigenvalue weighted by Crippen LogP contribution is -2.54. The van der Waals surface area contributed by atoms with Crippen molar-refractivity contribution in [1.29, 1.82) is 0 Å². The molecule has 1 heterocycles. The Kier molecular flexibility index (Phi) is 5.50. The molecule has 1 aliphatic rings. The molecular formula is C15H19NO4S. The number of carbonyl (C=O) groups excluding carboxylic acids is 1. The third kappa shape index (κ3) is 3.91. The van der Waals surface area contributed by atoms with E-state index in [2.05, 4.69) is 0 Å². The van der Waals surface area contributed by atoms with Gasteiger partial charge in [0, 0.05) is 18.1 Å². The number of carboxylic acids is 1. The number of benzene rings is 1. The number of hydrogen-bond donors (Lipinski definition) is 1. The van der Waals surface area contributed by atoms with Gasteiger partial charge in [-0.1, -0.05) is 25.1 Å². The second-order valence-electron chi connectivity index (χ2n) is 4.79. The Balaban J connectivity index is 2.09. The molecule has 21 heavy (non-hydrogen) atoms. The van der Waals surface area contributed by atoms with E-state index in [4.69, 9.17) is 4.74 Å². The largest absolute Gasteiger partial charge is 0.481 e. The van der Waals surface area contributed by atoms with E-state index < -0.39 is 18.1 Å². The molecule has 2 unspecified atom stereocenters. The number of amides is 1. The first-order valence-corrected chi connectivity index (χ1v) is 8.11. The van der Waals surface area contributed by atoms with Gasteiger partial charge in [-0.2, -0.15) is 11.8 Å². The smallest absolute Gasteiger partial charge is 0.327 e. The highest BCUT2D eigenvalue weighted by atomic mass is 32.2. The first-order chi connectivity index (χ1) is 10.1. The van der Waals surface area contributed by atoms with E-state index in [1.165, 1.54) is 4.90 Å². The molecule has 1 amide bonds. The van der Waals surface area contributed by atoms with Crippen LogP contribution in [0.3, 0.4) is 0 Å². The Labute approximate surface area is 128 Å². The predicted molar refractivity (Wildman–Crippen MR) is 81.6 cm³/mol. The number of nitrogens with zero attached hydrogens (tertiary/aromatic N) is 1. The van der Waals surface area contributed by atoms with Crippen molar-refractivity contribution in [2.24, 2.45) is 0 Å². The van der Waals surface area contributed by atoms with E-state index in [0.717, 1.165) is 5.75 Å². The second kappa shape index (κ2) is 7.36. The summed E-state index contributed by atoms with van der Waals surface area (Å²) in [5.41, 5.74) is 0. The van der Waals surface area contributed by atoms with Crippen LogP contribution >= 0.6 is 11.8 Å². The third-order valence-electron chi connectivity index (χ3n) is 3.36. The average molecular weight is 309 g/mol. The molecule has 0 spiro atoms. The molecular weight excluding hydrogens is 290 g/mol. The topological polar surface area (TPSA) is 66.8 Å². The summed E-state index contributed by atoms with van der Waals surface area (Å²) in [6.07, 6.45) is -0.138. The van der Waals surface area contributed by atoms with Crippen molar-refractivity contribution in [2.75, 3.05) is 18.1 Å². The van der Waals surface area contributed by atoms with Gasteiger partial charge in [0.2, 0.25) is 0 Å². The first-order valence-electron chi connectivity index (χ1n) is 6.96. The van der Waals surface area contributed by atoms with E-state index >= 15 is 0 Å². The van der Waals surface area contributed by atoms with Crippen LogP contribution in [0, 0.1) is 0 Å². The number of carbonyl (C=O) groups is 2. The molecule has 6 heteroatoms. The predicted octanol–water partition coefficient (Wildman–Crippen LogP) is 1.87. The number of thioether (sulfide) groups is 1. The summed E-state index contributed by atoms with van der Waals surface area (Å²) in [5, 5.41) is 9.25. The summed E-state index contributed by atoms with van der Waals surface area (Å²) in [5.74, 6) is 0.621. The maximum absolute atomic E-state index is 12.6. The molecule has 5 nitrogen and oxygen atoms in total. The van der Waals surface area contributed by atoms with Crippen LogP contribution < -0.4 is 4.74 Å². The molecule has 1 N–H and O–H groups in total. The van der Waals surface area contributed by atoms with Crippen LogP contribution in [0.1, 0.15) is 13.3 Å². The van der Waals surface area contributed by atoms with Crippen LogP contribution in [0.4, 0.5) is 0 Å². The van der Waals surface area contributed by atoms with Crippen LogP contribution in [0.5, 0.6) is 5.75 Å². The fourth-order valence-corrected chi connectivity index (χ4v) is 3.27. The molecule has 0 bridgehead atoms. The van der Waals surface area contributed by atoms with Crippen molar-refractivity contribution in [3.8, 4) is 5.75 Å². The molecule has 1 aromatic rings. The maximum atomic E-state index is 12.6. The summed E-state index contributed by atoms with van der Waals surface area (Å²) < 4.78 is 5.72. The summed E-state index contributed by atoms with van der Waals surface area (Å²) in [7, 11) is 0. The summed E-state index contributed by atoms with van der Waals surface area (Å²) in [6.45, 7) is 2.31. The minimum atomic E-state index is -0.954. The SMILES string of the molecule is CCC(Oc1ccccc1)C(=O)N1CCSCC1C(=O)O. The van der Waals surface area contributed by atoms with E-state index in [0.29, 0.717) is 24.5 Å². The normalized spacial score (nSPS) is 19.9. The zero-order valence-corrected chi connectivity index (χ0v) is 12.7. The number of rotatable bonds is 5. The molecule has 114 valence electrons. The van der Waals surface area contributed by atoms with Gasteiger partial charge in [0.25, 0.3) is 5.91 Å². The van der Waals surface area contributed by atoms with E-state index in [1.807, 2.05) is 25.1 Å². The molecule has 1 fully saturated rings. The Morgan fingerprint density at radius 3 is 2.76 bits per heavy atom. The molecule has 0 aromatic heterocycles. The van der Waals surface area contributed by atoms with Crippen molar-refractivity contribution < 1.29 is 19.4 Å². The number of para-hydroxylation sites is 1. The Morgan fingerprint density at radius 1 is 1.43 bits per heavy atom. The zero-order chi connectivity index (χ0) is 15.2. The van der Waals surface area contributed by atoms with Crippen molar-refractivity contribution in [2.45, 2.75) is 25.5 Å². The van der Waals surface area contributed by atoms with Crippen LogP contribution in [0.25, 0.3) is 0 Å². The van der Waals surface area contributed by atoms with Gasteiger partial charge in [-0.3, -0.25) is 4.79 Å². The highest BCUT2D eigenvalue weighted by molar-refractivity contribution is 7.99. The van der Waals surface area contributed by atoms with Crippen molar-refractivity contribution in [3.05, 3.63) is 30.3 Å². The van der Waals surface area contributed by atoms with E-state index in [9.17, 15) is 14.7 Å². The Bertz CT molecular complexity index is 494. The zero-order valence-electron chi connectivity index (χ0n) is 11.9. The number of aliphatic carboxylic acids is 1. The van der Waals surface area contributed by atoms with Crippen LogP contribution in [0.2, 0.25) is 0 Å². The van der Waals surface area contributed by atoms with Gasteiger partial charge in [-0.15, -0.1) is 0 Å². The molecule has 2 atom stereocenters. The average Bonchev–Trinajstić information content (AvgIpc) is 2.53. The first kappa shape index (κ1) is 15.7. The fraction of sp³-hybridized carbons (Fsp3) is 0.467. The highest BCUT2D eigenvalue weighted by Crippen LogP contribution is 2.20. The van der Waals surface area contributed by atoms with Crippen molar-refractivity contribution in [3.63, 3.8) is 0 Å². The molecule has 1 aromatic carbocycles. The molecule has 1 saturated heterocycles. The quantitative estimate of drug-likeness (QED) is 0.899. The Hall–Kier alpha value is -1.69. The van der Waals surface area contributed by atoms with Crippen molar-refractivity contribution >= 4 is 23.6 Å². The third-order valence-corrected chi connectivity index (χ3v) is 4.39. The number of carboxylic acid groups (broad SMARTS) is 1. The standard InChI is InChI=1S/C15H19NO4S/c1-2-13(20-11-6-4-3-5-7-11)14(17)16-8-9-21-10-12(16)15(18)19/h3-7,12-13H,2,8-10H2,1H3,(H,18,19). The van der Waals surface area contributed by atoms with Gasteiger partial charge in [-0.05, 0) is 18.6 Å². The highest BCUT2D eigenvalue weighted by Gasteiger charge is 2.36. The monoisotopic (exact) mass is 309 g/mol. The minimum Gasteiger partial charge on any atom is -0.481 e. The summed E-state index contributed by atoms with van der Waals surface area (Å²) in [4.78, 5) is 25.3. The second-order valence-corrected chi connectivity index (χ2v) is 5.94. The van der Waals surface area contributed by atoms with Gasteiger partial charge in [0.05, 0.1) is 0 Å². The molecule has 2 rings (SSSR count). The van der Waals surface area contributed by atoms with Gasteiger partial charge in [0.15, 0.2) is 6.10 Å². The van der Waals surface area contributed by atoms with E-state index in [-0.39, 0.29) is 5.91 Å². The van der Waals surface area contributed by atoms with Crippen molar-refractivity contribution in [1.82, 2.24) is 4.90 Å². The Morgan fingerprint density at radius 2 is 2.14 bits per heavy atom. The molecule has 1 aliphatic heterocycles. The van der Waals surface area contributed by atoms with Crippen LogP contribution in [-0.2, 0) is 9.59 Å². The lowest BCUT2D eigenvalue weighted by atomic mass is 10.2. The van der Waals surface area contributed by atoms with Gasteiger partial charge >= 0.3 is 5.97 Å². The van der Waals surface area contributed by atoms with E-state index in [1.54, 1.807) is 23.9 Å². The maximum Gasteiger partial charge on any atom is 0.327 e. The minimum absolute atomic E-state index is 0.242. The lowest BCUT2D eigenvalue weighted by Gasteiger charge is -2.34. The van der Waals surface area contributed by atoms with Gasteiger partial charge < -0.3 is 14.7 Å². The lowest BCUT2D eigenvalue weighted by molar-refractivity contribution is -0.152. The molecule has 0 radical (unpaired) electrons. The summed E-state index contributed by atoms with van der Waals surface area (Å²) in [6, 6.07) is 8.36. The number of ether oxygens (including phenoxy) is 1. The number of hydrogen-bond acceptors (Lipinski definition) is 4. The van der Waals surface area contributed by atoms with Gasteiger partial charge in [-0.25, -0.2) is 4.79 Å².